The van der Waals surface area contributed by atoms with Crippen LogP contribution >= 0.6 is 0 Å². The van der Waals surface area contributed by atoms with Gasteiger partial charge in [-0.05, 0) is 24.0 Å². The second-order valence-electron chi connectivity index (χ2n) is 5.94. The van der Waals surface area contributed by atoms with E-state index in [2.05, 4.69) is 0 Å². The molecule has 6 heteroatoms. The number of aliphatic hydroxyl groups excluding tert-OH is 1. The third kappa shape index (κ3) is 3.60. The van der Waals surface area contributed by atoms with Gasteiger partial charge >= 0.3 is 0 Å². The van der Waals surface area contributed by atoms with Crippen molar-refractivity contribution in [1.29, 1.82) is 0 Å². The fraction of sp³-hybridized carbons (Fsp3) is 0.278. The first-order valence-corrected chi connectivity index (χ1v) is 7.83. The molecule has 0 radical (unpaired) electrons. The molecule has 0 aromatic heterocycles. The van der Waals surface area contributed by atoms with E-state index in [0.717, 1.165) is 12.8 Å². The van der Waals surface area contributed by atoms with Gasteiger partial charge in [-0.25, -0.2) is 0 Å². The summed E-state index contributed by atoms with van der Waals surface area (Å²) in [6.45, 7) is 0.259. The fourth-order valence-electron chi connectivity index (χ4n) is 2.67. The summed E-state index contributed by atoms with van der Waals surface area (Å²) in [5.41, 5.74) is 1.23. The summed E-state index contributed by atoms with van der Waals surface area (Å²) in [4.78, 5) is 24.8. The average molecular weight is 326 g/mol. The third-order valence-corrected chi connectivity index (χ3v) is 4.09. The van der Waals surface area contributed by atoms with Gasteiger partial charge in [0.25, 0.3) is 11.6 Å². The Kier molecular flexibility index (Phi) is 4.57. The van der Waals surface area contributed by atoms with Crippen molar-refractivity contribution in [2.75, 3.05) is 0 Å². The molecule has 2 aromatic rings. The number of nitro groups is 1. The van der Waals surface area contributed by atoms with Crippen LogP contribution in [-0.4, -0.2) is 26.9 Å². The second kappa shape index (κ2) is 6.80. The molecule has 0 saturated heterocycles. The Balaban J connectivity index is 1.79. The number of nitrogens with zero attached hydrogens (tertiary/aromatic N) is 2. The number of carbonyl (C=O) groups is 1. The summed E-state index contributed by atoms with van der Waals surface area (Å²) in [6, 6.07) is 15.1. The third-order valence-electron chi connectivity index (χ3n) is 4.09. The van der Waals surface area contributed by atoms with E-state index in [1.54, 1.807) is 41.3 Å². The highest BCUT2D eigenvalue weighted by molar-refractivity contribution is 5.82. The molecule has 1 fully saturated rings. The number of benzene rings is 2. The van der Waals surface area contributed by atoms with Gasteiger partial charge in [-0.3, -0.25) is 14.9 Å². The maximum atomic E-state index is 12.7. The second-order valence-corrected chi connectivity index (χ2v) is 5.94. The van der Waals surface area contributed by atoms with Gasteiger partial charge in [-0.2, -0.15) is 0 Å². The zero-order valence-electron chi connectivity index (χ0n) is 13.0. The Bertz CT molecular complexity index is 744. The standard InChI is InChI=1S/C18H18N2O4/c21-17(14-6-2-1-3-7-14)18(22)19(15-9-10-15)12-13-5-4-8-16(11-13)20(23)24/h1-8,11,15,17,21H,9-10,12H2. The largest absolute Gasteiger partial charge is 0.378 e. The van der Waals surface area contributed by atoms with E-state index in [0.29, 0.717) is 11.1 Å². The molecule has 0 heterocycles. The minimum Gasteiger partial charge on any atom is -0.378 e. The average Bonchev–Trinajstić information content (AvgIpc) is 3.44. The Labute approximate surface area is 139 Å². The summed E-state index contributed by atoms with van der Waals surface area (Å²) in [5, 5.41) is 21.3. The predicted molar refractivity (Wildman–Crippen MR) is 88.1 cm³/mol. The van der Waals surface area contributed by atoms with Gasteiger partial charge in [0.05, 0.1) is 4.92 Å². The molecular weight excluding hydrogens is 308 g/mol. The van der Waals surface area contributed by atoms with Gasteiger partial charge < -0.3 is 10.0 Å². The Hall–Kier alpha value is -2.73. The minimum atomic E-state index is -1.22. The van der Waals surface area contributed by atoms with Crippen molar-refractivity contribution >= 4 is 11.6 Å². The van der Waals surface area contributed by atoms with E-state index in [1.807, 2.05) is 6.07 Å². The zero-order valence-corrected chi connectivity index (χ0v) is 13.0. The van der Waals surface area contributed by atoms with Crippen molar-refractivity contribution in [1.82, 2.24) is 4.90 Å². The van der Waals surface area contributed by atoms with E-state index in [-0.39, 0.29) is 24.2 Å². The molecule has 124 valence electrons. The van der Waals surface area contributed by atoms with Crippen LogP contribution in [-0.2, 0) is 11.3 Å². The van der Waals surface area contributed by atoms with Crippen LogP contribution in [0.2, 0.25) is 0 Å². The summed E-state index contributed by atoms with van der Waals surface area (Å²) in [5.74, 6) is -0.366. The number of nitro benzene ring substituents is 1. The van der Waals surface area contributed by atoms with Crippen molar-refractivity contribution in [2.24, 2.45) is 0 Å². The Morgan fingerprint density at radius 3 is 2.54 bits per heavy atom. The molecule has 0 spiro atoms. The summed E-state index contributed by atoms with van der Waals surface area (Å²) in [7, 11) is 0. The number of amides is 1. The summed E-state index contributed by atoms with van der Waals surface area (Å²) in [6.07, 6.45) is 0.565. The van der Waals surface area contributed by atoms with Crippen molar-refractivity contribution in [3.05, 3.63) is 75.8 Å². The predicted octanol–water partition coefficient (Wildman–Crippen LogP) is 2.82. The van der Waals surface area contributed by atoms with Gasteiger partial charge in [0.2, 0.25) is 0 Å². The first-order chi connectivity index (χ1) is 11.6. The van der Waals surface area contributed by atoms with Crippen LogP contribution < -0.4 is 0 Å². The molecule has 1 aliphatic carbocycles. The number of aliphatic hydroxyl groups is 1. The molecule has 1 aliphatic rings. The molecule has 24 heavy (non-hydrogen) atoms. The first kappa shape index (κ1) is 16.1. The maximum Gasteiger partial charge on any atom is 0.269 e. The molecule has 1 amide bonds. The monoisotopic (exact) mass is 326 g/mol. The van der Waals surface area contributed by atoms with Crippen LogP contribution in [0.5, 0.6) is 0 Å². The van der Waals surface area contributed by atoms with Crippen LogP contribution in [0.1, 0.15) is 30.1 Å². The van der Waals surface area contributed by atoms with E-state index < -0.39 is 11.0 Å². The van der Waals surface area contributed by atoms with Crippen LogP contribution in [0.15, 0.2) is 54.6 Å². The lowest BCUT2D eigenvalue weighted by molar-refractivity contribution is -0.384. The highest BCUT2D eigenvalue weighted by Crippen LogP contribution is 2.31. The number of non-ortho nitro benzene ring substituents is 1. The van der Waals surface area contributed by atoms with Gasteiger partial charge in [-0.15, -0.1) is 0 Å². The van der Waals surface area contributed by atoms with Crippen molar-refractivity contribution < 1.29 is 14.8 Å². The molecule has 1 saturated carbocycles. The zero-order chi connectivity index (χ0) is 17.1. The Morgan fingerprint density at radius 2 is 1.92 bits per heavy atom. The van der Waals surface area contributed by atoms with E-state index in [9.17, 15) is 20.0 Å². The van der Waals surface area contributed by atoms with Crippen LogP contribution in [0.25, 0.3) is 0 Å². The molecule has 6 nitrogen and oxygen atoms in total. The smallest absolute Gasteiger partial charge is 0.269 e. The topological polar surface area (TPSA) is 83.7 Å². The highest BCUT2D eigenvalue weighted by Gasteiger charge is 2.35. The SMILES string of the molecule is O=C(C(O)c1ccccc1)N(Cc1cccc([N+](=O)[O-])c1)C1CC1. The molecule has 2 aromatic carbocycles. The maximum absolute atomic E-state index is 12.7. The van der Waals surface area contributed by atoms with Gasteiger partial charge in [0, 0.05) is 24.7 Å². The number of rotatable bonds is 6. The van der Waals surface area contributed by atoms with E-state index >= 15 is 0 Å². The summed E-state index contributed by atoms with van der Waals surface area (Å²) < 4.78 is 0. The van der Waals surface area contributed by atoms with Crippen LogP contribution in [0.4, 0.5) is 5.69 Å². The molecular formula is C18H18N2O4. The van der Waals surface area contributed by atoms with Crippen molar-refractivity contribution in [3.63, 3.8) is 0 Å². The normalized spacial score (nSPS) is 14.9. The van der Waals surface area contributed by atoms with Gasteiger partial charge in [-0.1, -0.05) is 42.5 Å². The van der Waals surface area contributed by atoms with Crippen LogP contribution in [0, 0.1) is 10.1 Å². The van der Waals surface area contributed by atoms with Crippen LogP contribution in [0.3, 0.4) is 0 Å². The molecule has 1 atom stereocenters. The molecule has 1 unspecified atom stereocenters. The van der Waals surface area contributed by atoms with E-state index in [4.69, 9.17) is 0 Å². The highest BCUT2D eigenvalue weighted by atomic mass is 16.6. The number of carbonyl (C=O) groups excluding carboxylic acids is 1. The molecule has 3 rings (SSSR count). The number of hydrogen-bond donors (Lipinski definition) is 1. The lowest BCUT2D eigenvalue weighted by atomic mass is 10.1. The van der Waals surface area contributed by atoms with E-state index in [1.165, 1.54) is 12.1 Å². The molecule has 0 aliphatic heterocycles. The first-order valence-electron chi connectivity index (χ1n) is 7.83. The number of hydrogen-bond acceptors (Lipinski definition) is 4. The molecule has 0 bridgehead atoms. The van der Waals surface area contributed by atoms with Gasteiger partial charge in [0.1, 0.15) is 0 Å². The minimum absolute atomic E-state index is 0.000645. The lowest BCUT2D eigenvalue weighted by Gasteiger charge is -2.25. The van der Waals surface area contributed by atoms with Crippen molar-refractivity contribution in [3.8, 4) is 0 Å². The molecule has 1 N–H and O–H groups in total. The Morgan fingerprint density at radius 1 is 1.21 bits per heavy atom. The fourth-order valence-corrected chi connectivity index (χ4v) is 2.67. The van der Waals surface area contributed by atoms with Gasteiger partial charge in [0.15, 0.2) is 6.10 Å². The lowest BCUT2D eigenvalue weighted by Crippen LogP contribution is -2.36. The van der Waals surface area contributed by atoms with Crippen molar-refractivity contribution in [2.45, 2.75) is 31.5 Å². The summed E-state index contributed by atoms with van der Waals surface area (Å²) >= 11 is 0. The quantitative estimate of drug-likeness (QED) is 0.653.